The van der Waals surface area contributed by atoms with Crippen LogP contribution in [-0.4, -0.2) is 32.9 Å². The van der Waals surface area contributed by atoms with Gasteiger partial charge in [-0.1, -0.05) is 18.5 Å². The van der Waals surface area contributed by atoms with Crippen molar-refractivity contribution >= 4 is 29.1 Å². The van der Waals surface area contributed by atoms with E-state index in [1.54, 1.807) is 38.1 Å². The second-order valence-corrected chi connectivity index (χ2v) is 6.75. The number of carbonyl (C=O) groups excluding carboxylic acids is 1. The van der Waals surface area contributed by atoms with Crippen molar-refractivity contribution in [3.8, 4) is 11.7 Å². The van der Waals surface area contributed by atoms with E-state index < -0.39 is 6.03 Å². The van der Waals surface area contributed by atoms with Gasteiger partial charge in [0, 0.05) is 22.3 Å². The molecule has 0 aliphatic carbocycles. The van der Waals surface area contributed by atoms with Crippen LogP contribution in [0.4, 0.5) is 16.3 Å². The number of aromatic amines is 1. The highest BCUT2D eigenvalue weighted by atomic mass is 35.5. The first-order valence-electron chi connectivity index (χ1n) is 8.90. The summed E-state index contributed by atoms with van der Waals surface area (Å²) in [6, 6.07) is 6.02. The predicted octanol–water partition coefficient (Wildman–Crippen LogP) is 3.44. The summed E-state index contributed by atoms with van der Waals surface area (Å²) < 4.78 is 6.60. The Balaban J connectivity index is 1.89. The van der Waals surface area contributed by atoms with E-state index in [9.17, 15) is 9.59 Å². The summed E-state index contributed by atoms with van der Waals surface area (Å²) >= 11 is 6.00. The molecule has 0 fully saturated rings. The summed E-state index contributed by atoms with van der Waals surface area (Å²) in [4.78, 5) is 31.9. The van der Waals surface area contributed by atoms with Crippen molar-refractivity contribution in [2.75, 3.05) is 17.7 Å². The number of hydrogen-bond donors (Lipinski definition) is 3. The molecule has 3 rings (SSSR count). The summed E-state index contributed by atoms with van der Waals surface area (Å²) in [6.07, 6.45) is 0.571. The molecule has 9 nitrogen and oxygen atoms in total. The molecule has 1 aromatic carbocycles. The third-order valence-electron chi connectivity index (χ3n) is 4.25. The number of anilines is 2. The molecule has 0 aliphatic rings. The number of ether oxygens (including phenoxy) is 1. The Morgan fingerprint density at radius 1 is 1.28 bits per heavy atom. The molecule has 2 amide bonds. The van der Waals surface area contributed by atoms with Gasteiger partial charge in [-0.2, -0.15) is 9.78 Å². The summed E-state index contributed by atoms with van der Waals surface area (Å²) in [5, 5.41) is 10.2. The molecule has 0 radical (unpaired) electrons. The van der Waals surface area contributed by atoms with Gasteiger partial charge in [-0.05, 0) is 38.5 Å². The van der Waals surface area contributed by atoms with Crippen LogP contribution >= 0.6 is 11.6 Å². The number of benzene rings is 1. The van der Waals surface area contributed by atoms with Gasteiger partial charge < -0.3 is 10.1 Å². The van der Waals surface area contributed by atoms with Crippen molar-refractivity contribution in [1.29, 1.82) is 0 Å². The molecule has 0 saturated carbocycles. The molecule has 2 aromatic heterocycles. The number of hydrogen-bond acceptors (Lipinski definition) is 5. The molecule has 10 heteroatoms. The normalized spacial score (nSPS) is 10.7. The van der Waals surface area contributed by atoms with Gasteiger partial charge in [0.2, 0.25) is 5.95 Å². The van der Waals surface area contributed by atoms with E-state index in [4.69, 9.17) is 16.3 Å². The monoisotopic (exact) mass is 416 g/mol. The highest BCUT2D eigenvalue weighted by molar-refractivity contribution is 6.31. The van der Waals surface area contributed by atoms with Crippen molar-refractivity contribution < 1.29 is 9.53 Å². The Hall–Kier alpha value is -3.33. The van der Waals surface area contributed by atoms with Gasteiger partial charge in [-0.25, -0.2) is 9.78 Å². The van der Waals surface area contributed by atoms with Crippen molar-refractivity contribution in [2.45, 2.75) is 27.2 Å². The zero-order valence-corrected chi connectivity index (χ0v) is 17.2. The van der Waals surface area contributed by atoms with E-state index in [-0.39, 0.29) is 11.5 Å². The topological polar surface area (TPSA) is 114 Å². The van der Waals surface area contributed by atoms with E-state index in [1.807, 2.05) is 6.92 Å². The quantitative estimate of drug-likeness (QED) is 0.589. The van der Waals surface area contributed by atoms with E-state index >= 15 is 0 Å². The molecule has 3 aromatic rings. The maximum absolute atomic E-state index is 12.5. The average Bonchev–Trinajstić information content (AvgIpc) is 3.01. The molecule has 0 aliphatic heterocycles. The Morgan fingerprint density at radius 2 is 2.03 bits per heavy atom. The number of nitrogens with one attached hydrogen (secondary N) is 3. The van der Waals surface area contributed by atoms with E-state index in [0.717, 1.165) is 0 Å². The van der Waals surface area contributed by atoms with Gasteiger partial charge in [-0.3, -0.25) is 15.1 Å². The molecule has 0 saturated heterocycles. The fourth-order valence-electron chi connectivity index (χ4n) is 2.91. The molecule has 0 bridgehead atoms. The Morgan fingerprint density at radius 3 is 2.69 bits per heavy atom. The molecule has 3 N–H and O–H groups in total. The zero-order valence-electron chi connectivity index (χ0n) is 16.5. The number of H-pyrrole nitrogens is 1. The van der Waals surface area contributed by atoms with Gasteiger partial charge in [0.15, 0.2) is 0 Å². The minimum absolute atomic E-state index is 0.216. The second kappa shape index (κ2) is 8.36. The van der Waals surface area contributed by atoms with Gasteiger partial charge in [-0.15, -0.1) is 0 Å². The first kappa shape index (κ1) is 20.4. The minimum Gasteiger partial charge on any atom is -0.495 e. The van der Waals surface area contributed by atoms with Crippen molar-refractivity contribution in [3.05, 3.63) is 56.6 Å². The highest BCUT2D eigenvalue weighted by Crippen LogP contribution is 2.28. The number of halogens is 1. The summed E-state index contributed by atoms with van der Waals surface area (Å²) in [7, 11) is 1.50. The lowest BCUT2D eigenvalue weighted by Crippen LogP contribution is -2.24. The van der Waals surface area contributed by atoms with E-state index in [2.05, 4.69) is 25.7 Å². The van der Waals surface area contributed by atoms with Gasteiger partial charge >= 0.3 is 6.03 Å². The number of amides is 2. The first-order chi connectivity index (χ1) is 13.8. The van der Waals surface area contributed by atoms with Crippen LogP contribution in [0.25, 0.3) is 5.95 Å². The third kappa shape index (κ3) is 4.40. The summed E-state index contributed by atoms with van der Waals surface area (Å²) in [5.41, 5.74) is 2.04. The van der Waals surface area contributed by atoms with Crippen LogP contribution in [-0.2, 0) is 6.42 Å². The van der Waals surface area contributed by atoms with Crippen LogP contribution < -0.4 is 20.9 Å². The second-order valence-electron chi connectivity index (χ2n) is 6.31. The van der Waals surface area contributed by atoms with Crippen LogP contribution in [0, 0.1) is 13.8 Å². The fourth-order valence-corrected chi connectivity index (χ4v) is 3.08. The lowest BCUT2D eigenvalue weighted by atomic mass is 10.2. The average molecular weight is 417 g/mol. The van der Waals surface area contributed by atoms with Crippen LogP contribution in [0.15, 0.2) is 29.1 Å². The van der Waals surface area contributed by atoms with Crippen LogP contribution in [0.3, 0.4) is 0 Å². The number of aromatic nitrogens is 4. The SMILES string of the molecule is CCc1c(C)nc(-n2nc(C)cc2NC(=O)Nc2cc(Cl)ccc2OC)[nH]c1=O. The minimum atomic E-state index is -0.532. The smallest absolute Gasteiger partial charge is 0.324 e. The molecule has 0 unspecified atom stereocenters. The Kier molecular flexibility index (Phi) is 5.88. The molecule has 152 valence electrons. The Bertz CT molecular complexity index is 1120. The number of rotatable bonds is 5. The lowest BCUT2D eigenvalue weighted by molar-refractivity contribution is 0.262. The van der Waals surface area contributed by atoms with Crippen LogP contribution in [0.1, 0.15) is 23.9 Å². The van der Waals surface area contributed by atoms with Crippen molar-refractivity contribution in [3.63, 3.8) is 0 Å². The molecule has 29 heavy (non-hydrogen) atoms. The third-order valence-corrected chi connectivity index (χ3v) is 4.48. The number of nitrogens with zero attached hydrogens (tertiary/aromatic N) is 3. The first-order valence-corrected chi connectivity index (χ1v) is 9.28. The van der Waals surface area contributed by atoms with Crippen LogP contribution in [0.5, 0.6) is 5.75 Å². The maximum Gasteiger partial charge on any atom is 0.324 e. The van der Waals surface area contributed by atoms with Crippen molar-refractivity contribution in [2.24, 2.45) is 0 Å². The number of carbonyl (C=O) groups is 1. The Labute approximate surface area is 172 Å². The van der Waals surface area contributed by atoms with Crippen molar-refractivity contribution in [1.82, 2.24) is 19.7 Å². The van der Waals surface area contributed by atoms with E-state index in [0.29, 0.717) is 45.6 Å². The lowest BCUT2D eigenvalue weighted by Gasteiger charge is -2.12. The number of urea groups is 1. The summed E-state index contributed by atoms with van der Waals surface area (Å²) in [5.74, 6) is 1.02. The van der Waals surface area contributed by atoms with E-state index in [1.165, 1.54) is 11.8 Å². The molecular weight excluding hydrogens is 396 g/mol. The zero-order chi connectivity index (χ0) is 21.1. The van der Waals surface area contributed by atoms with Gasteiger partial charge in [0.25, 0.3) is 5.56 Å². The number of methoxy groups -OCH3 is 1. The summed E-state index contributed by atoms with van der Waals surface area (Å²) in [6.45, 7) is 5.42. The highest BCUT2D eigenvalue weighted by Gasteiger charge is 2.16. The maximum atomic E-state index is 12.5. The molecule has 0 atom stereocenters. The molecule has 0 spiro atoms. The van der Waals surface area contributed by atoms with Gasteiger partial charge in [0.05, 0.1) is 18.5 Å². The molecule has 2 heterocycles. The van der Waals surface area contributed by atoms with Gasteiger partial charge in [0.1, 0.15) is 11.6 Å². The largest absolute Gasteiger partial charge is 0.495 e. The standard InChI is InChI=1S/C19H21ClN6O3/c1-5-13-11(3)21-18(24-17(13)27)26-16(8-10(2)25-26)23-19(28)22-14-9-12(20)6-7-15(14)29-4/h6-9H,5H2,1-4H3,(H,21,24,27)(H2,22,23,28). The molecular formula is C19H21ClN6O3. The van der Waals surface area contributed by atoms with Crippen LogP contribution in [0.2, 0.25) is 5.02 Å². The predicted molar refractivity (Wildman–Crippen MR) is 111 cm³/mol. The number of aryl methyl sites for hydroxylation is 2. The fraction of sp³-hybridized carbons (Fsp3) is 0.263.